The van der Waals surface area contributed by atoms with Gasteiger partial charge in [0.05, 0.1) is 14.2 Å². The molecule has 0 bridgehead atoms. The lowest BCUT2D eigenvalue weighted by Gasteiger charge is -2.17. The number of benzene rings is 1. The van der Waals surface area contributed by atoms with E-state index in [0.717, 1.165) is 11.3 Å². The molecule has 0 unspecified atom stereocenters. The number of nitrogens with one attached hydrogen (secondary N) is 1. The Morgan fingerprint density at radius 2 is 1.81 bits per heavy atom. The van der Waals surface area contributed by atoms with Crippen LogP contribution in [0.3, 0.4) is 0 Å². The molecule has 0 aliphatic carbocycles. The van der Waals surface area contributed by atoms with Crippen LogP contribution in [0.1, 0.15) is 15.4 Å². The molecule has 12 nitrogen and oxygen atoms in total. The molecule has 1 amide bonds. The highest BCUT2D eigenvalue weighted by Crippen LogP contribution is 2.41. The van der Waals surface area contributed by atoms with Gasteiger partial charge in [0.15, 0.2) is 23.1 Å². The highest BCUT2D eigenvalue weighted by Gasteiger charge is 2.26. The minimum atomic E-state index is -4.15. The zero-order valence-corrected chi connectivity index (χ0v) is 20.9. The van der Waals surface area contributed by atoms with Crippen LogP contribution in [0.15, 0.2) is 53.1 Å². The van der Waals surface area contributed by atoms with Crippen LogP contribution in [0.25, 0.3) is 11.4 Å². The molecule has 36 heavy (non-hydrogen) atoms. The van der Waals surface area contributed by atoms with Crippen LogP contribution in [0.5, 0.6) is 23.1 Å². The van der Waals surface area contributed by atoms with Crippen molar-refractivity contribution < 1.29 is 27.4 Å². The number of ether oxygens (including phenoxy) is 3. The number of sulfonamides is 1. The zero-order valence-electron chi connectivity index (χ0n) is 19.3. The maximum absolute atomic E-state index is 13.1. The first-order chi connectivity index (χ1) is 17.2. The van der Waals surface area contributed by atoms with E-state index in [1.807, 2.05) is 0 Å². The molecule has 0 atom stereocenters. The number of hydrogen-bond donors (Lipinski definition) is 2. The van der Waals surface area contributed by atoms with Crippen molar-refractivity contribution >= 4 is 33.1 Å². The van der Waals surface area contributed by atoms with Gasteiger partial charge in [-0.15, -0.1) is 11.3 Å². The number of nitrogens with zero attached hydrogens (tertiary/aromatic N) is 4. The topological polar surface area (TPSA) is 169 Å². The van der Waals surface area contributed by atoms with Crippen molar-refractivity contribution in [2.45, 2.75) is 11.3 Å². The summed E-state index contributed by atoms with van der Waals surface area (Å²) in [6, 6.07) is 9.66. The zero-order chi connectivity index (χ0) is 25.9. The second-order valence-electron chi connectivity index (χ2n) is 7.12. The van der Waals surface area contributed by atoms with Crippen LogP contribution >= 0.6 is 11.3 Å². The second kappa shape index (κ2) is 10.1. The Morgan fingerprint density at radius 3 is 2.44 bits per heavy atom. The SMILES string of the molecule is COc1ccccc1Oc1c(NS(=O)(=O)c2ncc(C)s2)nc(-c2ccnc(C(N)=O)c2)nc1OC. The molecule has 3 N–H and O–H groups in total. The molecular formula is C22H20N6O6S2. The molecule has 3 heterocycles. The maximum Gasteiger partial charge on any atom is 0.290 e. The number of hydrogen-bond acceptors (Lipinski definition) is 11. The van der Waals surface area contributed by atoms with Crippen molar-refractivity contribution in [3.05, 3.63) is 59.4 Å². The van der Waals surface area contributed by atoms with Crippen LogP contribution in [0.4, 0.5) is 5.82 Å². The summed E-state index contributed by atoms with van der Waals surface area (Å²) in [5.41, 5.74) is 5.65. The summed E-state index contributed by atoms with van der Waals surface area (Å²) in [5.74, 6) is -0.512. The van der Waals surface area contributed by atoms with Crippen LogP contribution in [0.2, 0.25) is 0 Å². The fourth-order valence-electron chi connectivity index (χ4n) is 3.01. The molecule has 4 aromatic rings. The lowest BCUT2D eigenvalue weighted by atomic mass is 10.2. The normalized spacial score (nSPS) is 11.1. The molecule has 0 radical (unpaired) electrons. The van der Waals surface area contributed by atoms with Crippen molar-refractivity contribution in [1.82, 2.24) is 19.9 Å². The predicted octanol–water partition coefficient (Wildman–Crippen LogP) is 3.01. The van der Waals surface area contributed by atoms with Gasteiger partial charge in [0.25, 0.3) is 21.8 Å². The van der Waals surface area contributed by atoms with Crippen molar-refractivity contribution in [2.75, 3.05) is 18.9 Å². The summed E-state index contributed by atoms with van der Waals surface area (Å²) in [6.45, 7) is 1.73. The quantitative estimate of drug-likeness (QED) is 0.329. The van der Waals surface area contributed by atoms with Gasteiger partial charge in [-0.25, -0.2) is 9.97 Å². The minimum absolute atomic E-state index is 0.0233. The van der Waals surface area contributed by atoms with Gasteiger partial charge in [-0.3, -0.25) is 14.5 Å². The number of aryl methyl sites for hydroxylation is 1. The number of pyridine rings is 1. The lowest BCUT2D eigenvalue weighted by Crippen LogP contribution is -2.16. The van der Waals surface area contributed by atoms with E-state index in [0.29, 0.717) is 16.2 Å². The molecule has 14 heteroatoms. The fourth-order valence-corrected chi connectivity index (χ4v) is 5.12. The minimum Gasteiger partial charge on any atom is -0.493 e. The lowest BCUT2D eigenvalue weighted by molar-refractivity contribution is 0.0995. The Labute approximate surface area is 210 Å². The van der Waals surface area contributed by atoms with Crippen LogP contribution in [0, 0.1) is 6.92 Å². The summed E-state index contributed by atoms with van der Waals surface area (Å²) in [5, 5.41) is 0. The number of carbonyl (C=O) groups excluding carboxylic acids is 1. The second-order valence-corrected chi connectivity index (χ2v) is 10.2. The molecule has 3 aromatic heterocycles. The van der Waals surface area contributed by atoms with Gasteiger partial charge in [0.2, 0.25) is 10.1 Å². The first-order valence-electron chi connectivity index (χ1n) is 10.2. The third-order valence-electron chi connectivity index (χ3n) is 4.64. The highest BCUT2D eigenvalue weighted by molar-refractivity contribution is 7.94. The number of carbonyl (C=O) groups is 1. The number of amides is 1. The Morgan fingerprint density at radius 1 is 1.06 bits per heavy atom. The Kier molecular flexibility index (Phi) is 6.98. The summed E-state index contributed by atoms with van der Waals surface area (Å²) in [6.07, 6.45) is 2.80. The third-order valence-corrected chi connectivity index (χ3v) is 7.28. The van der Waals surface area contributed by atoms with E-state index in [2.05, 4.69) is 24.7 Å². The first-order valence-corrected chi connectivity index (χ1v) is 12.5. The van der Waals surface area contributed by atoms with E-state index in [4.69, 9.17) is 19.9 Å². The van der Waals surface area contributed by atoms with Crippen molar-refractivity contribution in [2.24, 2.45) is 5.73 Å². The summed E-state index contributed by atoms with van der Waals surface area (Å²) in [4.78, 5) is 28.9. The molecule has 0 fully saturated rings. The van der Waals surface area contributed by atoms with Gasteiger partial charge in [0, 0.05) is 22.8 Å². The molecule has 0 saturated carbocycles. The summed E-state index contributed by atoms with van der Waals surface area (Å²) < 4.78 is 45.2. The Hall–Kier alpha value is -4.30. The van der Waals surface area contributed by atoms with Crippen LogP contribution in [-0.4, -0.2) is 48.5 Å². The molecule has 0 aliphatic rings. The van der Waals surface area contributed by atoms with Crippen molar-refractivity contribution in [1.29, 1.82) is 0 Å². The van der Waals surface area contributed by atoms with Crippen molar-refractivity contribution in [3.8, 4) is 34.5 Å². The van der Waals surface area contributed by atoms with Gasteiger partial charge in [0.1, 0.15) is 5.69 Å². The van der Waals surface area contributed by atoms with E-state index < -0.39 is 15.9 Å². The molecule has 0 spiro atoms. The molecule has 1 aromatic carbocycles. The molecular weight excluding hydrogens is 508 g/mol. The summed E-state index contributed by atoms with van der Waals surface area (Å²) in [7, 11) is -1.35. The van der Waals surface area contributed by atoms with Gasteiger partial charge in [-0.1, -0.05) is 12.1 Å². The number of para-hydroxylation sites is 2. The molecule has 0 saturated heterocycles. The van der Waals surface area contributed by atoms with E-state index in [1.165, 1.54) is 38.7 Å². The van der Waals surface area contributed by atoms with E-state index >= 15 is 0 Å². The number of rotatable bonds is 9. The molecule has 4 rings (SSSR count). The smallest absolute Gasteiger partial charge is 0.290 e. The monoisotopic (exact) mass is 528 g/mol. The van der Waals surface area contributed by atoms with Gasteiger partial charge in [-0.05, 0) is 31.2 Å². The summed E-state index contributed by atoms with van der Waals surface area (Å²) >= 11 is 0.989. The highest BCUT2D eigenvalue weighted by atomic mass is 32.2. The van der Waals surface area contributed by atoms with Crippen molar-refractivity contribution in [3.63, 3.8) is 0 Å². The van der Waals surface area contributed by atoms with E-state index in [-0.39, 0.29) is 39.1 Å². The number of aromatic nitrogens is 4. The van der Waals surface area contributed by atoms with Gasteiger partial charge < -0.3 is 19.9 Å². The maximum atomic E-state index is 13.1. The van der Waals surface area contributed by atoms with Gasteiger partial charge >= 0.3 is 0 Å². The van der Waals surface area contributed by atoms with E-state index in [9.17, 15) is 13.2 Å². The third kappa shape index (κ3) is 5.18. The Bertz CT molecular complexity index is 1540. The van der Waals surface area contributed by atoms with Crippen LogP contribution < -0.4 is 24.7 Å². The average molecular weight is 529 g/mol. The number of primary amides is 1. The largest absolute Gasteiger partial charge is 0.493 e. The predicted molar refractivity (Wildman–Crippen MR) is 131 cm³/mol. The standard InChI is InChI=1S/C22H20N6O6S2/c1-12-11-25-22(35-12)36(30,31)28-20-17(34-16-7-5-4-6-15(16)32-2)21(33-3)27-19(26-20)13-8-9-24-14(10-13)18(23)29/h4-11H,1-3H3,(H2,23,29)(H,26,27,28). The van der Waals surface area contributed by atoms with E-state index in [1.54, 1.807) is 31.2 Å². The number of thiazole rings is 1. The first kappa shape index (κ1) is 24.8. The molecule has 186 valence electrons. The number of nitrogens with two attached hydrogens (primary N) is 1. The van der Waals surface area contributed by atoms with Gasteiger partial charge in [-0.2, -0.15) is 13.4 Å². The number of anilines is 1. The number of methoxy groups -OCH3 is 2. The average Bonchev–Trinajstić information content (AvgIpc) is 3.32. The fraction of sp³-hybridized carbons (Fsp3) is 0.136. The van der Waals surface area contributed by atoms with Crippen LogP contribution in [-0.2, 0) is 10.0 Å². The molecule has 0 aliphatic heterocycles. The Balaban J connectivity index is 1.89.